The summed E-state index contributed by atoms with van der Waals surface area (Å²) in [6.07, 6.45) is 0. The Balaban J connectivity index is 2.06. The van der Waals surface area contributed by atoms with E-state index in [-0.39, 0.29) is 18.0 Å². The van der Waals surface area contributed by atoms with Crippen molar-refractivity contribution in [2.75, 3.05) is 0 Å². The molecular weight excluding hydrogens is 258 g/mol. The Bertz CT molecular complexity index is 658. The van der Waals surface area contributed by atoms with Crippen LogP contribution in [0.3, 0.4) is 0 Å². The second-order valence-electron chi connectivity index (χ2n) is 4.49. The van der Waals surface area contributed by atoms with Gasteiger partial charge in [-0.2, -0.15) is 0 Å². The molecule has 0 spiro atoms. The molecule has 1 aromatic heterocycles. The van der Waals surface area contributed by atoms with Gasteiger partial charge in [-0.3, -0.25) is 4.79 Å². The average Bonchev–Trinajstić information content (AvgIpc) is 2.78. The number of benzene rings is 1. The van der Waals surface area contributed by atoms with Crippen LogP contribution in [0.15, 0.2) is 34.7 Å². The van der Waals surface area contributed by atoms with Crippen LogP contribution in [0.4, 0.5) is 0 Å². The van der Waals surface area contributed by atoms with Gasteiger partial charge in [0, 0.05) is 5.56 Å². The Morgan fingerprint density at radius 3 is 2.50 bits per heavy atom. The number of carbonyl (C=O) groups is 2. The number of carboxylic acids is 1. The van der Waals surface area contributed by atoms with Crippen molar-refractivity contribution < 1.29 is 19.1 Å². The van der Waals surface area contributed by atoms with Gasteiger partial charge in [-0.15, -0.1) is 0 Å². The van der Waals surface area contributed by atoms with Crippen molar-refractivity contribution in [3.63, 3.8) is 0 Å². The zero-order valence-corrected chi connectivity index (χ0v) is 11.3. The molecule has 0 unspecified atom stereocenters. The molecule has 5 nitrogen and oxygen atoms in total. The largest absolute Gasteiger partial charge is 0.478 e. The first kappa shape index (κ1) is 13.9. The monoisotopic (exact) mass is 273 g/mol. The molecule has 104 valence electrons. The summed E-state index contributed by atoms with van der Waals surface area (Å²) in [6.45, 7) is 3.59. The smallest absolute Gasteiger partial charge is 0.339 e. The Morgan fingerprint density at radius 2 is 1.90 bits per heavy atom. The van der Waals surface area contributed by atoms with Gasteiger partial charge in [-0.05, 0) is 31.5 Å². The molecule has 0 aliphatic carbocycles. The van der Waals surface area contributed by atoms with Gasteiger partial charge in [0.15, 0.2) is 0 Å². The molecule has 0 radical (unpaired) electrons. The van der Waals surface area contributed by atoms with Crippen molar-refractivity contribution in [2.45, 2.75) is 20.4 Å². The molecule has 1 aromatic carbocycles. The summed E-state index contributed by atoms with van der Waals surface area (Å²) in [5.74, 6) is -0.503. The molecular formula is C15H15NO4. The Hall–Kier alpha value is -2.56. The van der Waals surface area contributed by atoms with Crippen LogP contribution in [0.1, 0.15) is 37.8 Å². The highest BCUT2D eigenvalue weighted by molar-refractivity contribution is 5.95. The summed E-state index contributed by atoms with van der Waals surface area (Å²) in [4.78, 5) is 22.9. The fourth-order valence-electron chi connectivity index (χ4n) is 1.93. The number of carboxylic acid groups (broad SMARTS) is 1. The van der Waals surface area contributed by atoms with Crippen LogP contribution in [-0.2, 0) is 6.54 Å². The Kier molecular flexibility index (Phi) is 3.89. The van der Waals surface area contributed by atoms with Crippen LogP contribution in [0.25, 0.3) is 0 Å². The van der Waals surface area contributed by atoms with Gasteiger partial charge >= 0.3 is 5.97 Å². The normalized spacial score (nSPS) is 10.3. The van der Waals surface area contributed by atoms with E-state index < -0.39 is 5.97 Å². The van der Waals surface area contributed by atoms with Crippen molar-refractivity contribution in [1.29, 1.82) is 0 Å². The zero-order valence-electron chi connectivity index (χ0n) is 11.3. The van der Waals surface area contributed by atoms with E-state index in [1.807, 2.05) is 19.1 Å². The SMILES string of the molecule is Cc1ccccc1C(=O)NCc1cc(C(=O)O)c(C)o1. The number of aryl methyl sites for hydroxylation is 2. The summed E-state index contributed by atoms with van der Waals surface area (Å²) in [5.41, 5.74) is 1.59. The standard InChI is InChI=1S/C15H15NO4/c1-9-5-3-4-6-12(9)14(17)16-8-11-7-13(15(18)19)10(2)20-11/h3-7H,8H2,1-2H3,(H,16,17)(H,18,19). The van der Waals surface area contributed by atoms with E-state index in [4.69, 9.17) is 9.52 Å². The van der Waals surface area contributed by atoms with E-state index >= 15 is 0 Å². The fraction of sp³-hybridized carbons (Fsp3) is 0.200. The van der Waals surface area contributed by atoms with Crippen molar-refractivity contribution in [3.8, 4) is 0 Å². The van der Waals surface area contributed by atoms with Gasteiger partial charge < -0.3 is 14.8 Å². The van der Waals surface area contributed by atoms with Gasteiger partial charge in [0.25, 0.3) is 5.91 Å². The summed E-state index contributed by atoms with van der Waals surface area (Å²) < 4.78 is 5.30. The maximum Gasteiger partial charge on any atom is 0.339 e. The molecule has 2 N–H and O–H groups in total. The highest BCUT2D eigenvalue weighted by Crippen LogP contribution is 2.15. The number of rotatable bonds is 4. The molecule has 0 atom stereocenters. The molecule has 0 saturated heterocycles. The quantitative estimate of drug-likeness (QED) is 0.897. The highest BCUT2D eigenvalue weighted by Gasteiger charge is 2.14. The lowest BCUT2D eigenvalue weighted by Crippen LogP contribution is -2.23. The lowest BCUT2D eigenvalue weighted by Gasteiger charge is -2.05. The van der Waals surface area contributed by atoms with E-state index in [0.29, 0.717) is 17.1 Å². The third-order valence-corrected chi connectivity index (χ3v) is 3.01. The minimum absolute atomic E-state index is 0.116. The molecule has 0 aliphatic rings. The number of hydrogen-bond acceptors (Lipinski definition) is 3. The van der Waals surface area contributed by atoms with Crippen molar-refractivity contribution in [1.82, 2.24) is 5.32 Å². The van der Waals surface area contributed by atoms with Crippen LogP contribution in [-0.4, -0.2) is 17.0 Å². The summed E-state index contributed by atoms with van der Waals surface area (Å²) in [5, 5.41) is 11.6. The maximum absolute atomic E-state index is 12.0. The molecule has 0 saturated carbocycles. The second kappa shape index (κ2) is 5.61. The second-order valence-corrected chi connectivity index (χ2v) is 4.49. The molecule has 2 aromatic rings. The number of furan rings is 1. The van der Waals surface area contributed by atoms with Crippen LogP contribution >= 0.6 is 0 Å². The third-order valence-electron chi connectivity index (χ3n) is 3.01. The van der Waals surface area contributed by atoms with E-state index in [0.717, 1.165) is 5.56 Å². The third kappa shape index (κ3) is 2.88. The van der Waals surface area contributed by atoms with Crippen LogP contribution < -0.4 is 5.32 Å². The summed E-state index contributed by atoms with van der Waals surface area (Å²) >= 11 is 0. The molecule has 5 heteroatoms. The first-order chi connectivity index (χ1) is 9.49. The van der Waals surface area contributed by atoms with E-state index in [2.05, 4.69) is 5.32 Å². The summed E-state index contributed by atoms with van der Waals surface area (Å²) in [7, 11) is 0. The number of hydrogen-bond donors (Lipinski definition) is 2. The van der Waals surface area contributed by atoms with Crippen LogP contribution in [0.5, 0.6) is 0 Å². The minimum atomic E-state index is -1.04. The van der Waals surface area contributed by atoms with Crippen molar-refractivity contribution in [2.24, 2.45) is 0 Å². The minimum Gasteiger partial charge on any atom is -0.478 e. The number of nitrogens with one attached hydrogen (secondary N) is 1. The molecule has 0 bridgehead atoms. The van der Waals surface area contributed by atoms with Gasteiger partial charge in [-0.25, -0.2) is 4.79 Å². The van der Waals surface area contributed by atoms with Crippen molar-refractivity contribution >= 4 is 11.9 Å². The molecule has 0 fully saturated rings. The molecule has 1 amide bonds. The lowest BCUT2D eigenvalue weighted by atomic mass is 10.1. The predicted molar refractivity (Wildman–Crippen MR) is 72.8 cm³/mol. The molecule has 2 rings (SSSR count). The first-order valence-electron chi connectivity index (χ1n) is 6.15. The van der Waals surface area contributed by atoms with Gasteiger partial charge in [-0.1, -0.05) is 18.2 Å². The van der Waals surface area contributed by atoms with Gasteiger partial charge in [0.05, 0.1) is 6.54 Å². The van der Waals surface area contributed by atoms with Crippen molar-refractivity contribution in [3.05, 3.63) is 58.5 Å². The number of aromatic carboxylic acids is 1. The van der Waals surface area contributed by atoms with E-state index in [1.54, 1.807) is 19.1 Å². The molecule has 20 heavy (non-hydrogen) atoms. The van der Waals surface area contributed by atoms with Crippen LogP contribution in [0, 0.1) is 13.8 Å². The topological polar surface area (TPSA) is 79.5 Å². The average molecular weight is 273 g/mol. The zero-order chi connectivity index (χ0) is 14.7. The van der Waals surface area contributed by atoms with E-state index in [1.165, 1.54) is 6.07 Å². The van der Waals surface area contributed by atoms with E-state index in [9.17, 15) is 9.59 Å². The summed E-state index contributed by atoms with van der Waals surface area (Å²) in [6, 6.07) is 8.67. The number of amides is 1. The Labute approximate surface area is 116 Å². The molecule has 0 aliphatic heterocycles. The molecule has 1 heterocycles. The predicted octanol–water partition coefficient (Wildman–Crippen LogP) is 2.52. The Morgan fingerprint density at radius 1 is 1.20 bits per heavy atom. The highest BCUT2D eigenvalue weighted by atomic mass is 16.4. The lowest BCUT2D eigenvalue weighted by molar-refractivity contribution is 0.0694. The number of carbonyl (C=O) groups excluding carboxylic acids is 1. The van der Waals surface area contributed by atoms with Gasteiger partial charge in [0.2, 0.25) is 0 Å². The maximum atomic E-state index is 12.0. The van der Waals surface area contributed by atoms with Crippen LogP contribution in [0.2, 0.25) is 0 Å². The fourth-order valence-corrected chi connectivity index (χ4v) is 1.93. The first-order valence-corrected chi connectivity index (χ1v) is 6.15. The van der Waals surface area contributed by atoms with Gasteiger partial charge in [0.1, 0.15) is 17.1 Å².